The minimum Gasteiger partial charge on any atom is -0.299 e. The molecule has 0 saturated carbocycles. The Bertz CT molecular complexity index is 681. The molecule has 0 bridgehead atoms. The average Bonchev–Trinajstić information content (AvgIpc) is 2.96. The van der Waals surface area contributed by atoms with Crippen LogP contribution in [0.5, 0.6) is 0 Å². The highest BCUT2D eigenvalue weighted by Crippen LogP contribution is 2.15. The average molecular weight is 396 g/mol. The number of nitrogens with one attached hydrogen (secondary N) is 3. The zero-order chi connectivity index (χ0) is 19.4. The van der Waals surface area contributed by atoms with Crippen LogP contribution < -0.4 is 15.6 Å². The SMILES string of the molecule is CC1NNC(C)C1S(=O)(=O)N[C@@H](C)CN1CCN(Cc2ccccc2)CC1. The Labute approximate surface area is 163 Å². The van der Waals surface area contributed by atoms with Crippen LogP contribution in [0.3, 0.4) is 0 Å². The third-order valence-corrected chi connectivity index (χ3v) is 7.76. The molecule has 3 N–H and O–H groups in total. The molecule has 2 aliphatic heterocycles. The van der Waals surface area contributed by atoms with E-state index in [9.17, 15) is 8.42 Å². The van der Waals surface area contributed by atoms with Gasteiger partial charge in [0.15, 0.2) is 0 Å². The zero-order valence-electron chi connectivity index (χ0n) is 16.6. The van der Waals surface area contributed by atoms with Crippen molar-refractivity contribution < 1.29 is 8.42 Å². The van der Waals surface area contributed by atoms with E-state index in [0.717, 1.165) is 39.3 Å². The highest BCUT2D eigenvalue weighted by molar-refractivity contribution is 7.90. The number of sulfonamides is 1. The Morgan fingerprint density at radius 3 is 2.19 bits per heavy atom. The number of benzene rings is 1. The van der Waals surface area contributed by atoms with Gasteiger partial charge in [-0.05, 0) is 26.3 Å². The molecule has 8 heteroatoms. The summed E-state index contributed by atoms with van der Waals surface area (Å²) in [6.45, 7) is 11.4. The minimum atomic E-state index is -3.37. The molecule has 2 aliphatic rings. The summed E-state index contributed by atoms with van der Waals surface area (Å²) in [5, 5.41) is -0.456. The van der Waals surface area contributed by atoms with Crippen molar-refractivity contribution in [1.82, 2.24) is 25.4 Å². The van der Waals surface area contributed by atoms with E-state index >= 15 is 0 Å². The van der Waals surface area contributed by atoms with E-state index in [4.69, 9.17) is 0 Å². The van der Waals surface area contributed by atoms with Gasteiger partial charge in [-0.15, -0.1) is 0 Å². The fourth-order valence-electron chi connectivity index (χ4n) is 4.15. The Morgan fingerprint density at radius 2 is 1.59 bits per heavy atom. The molecular formula is C19H33N5O2S. The first-order valence-electron chi connectivity index (χ1n) is 9.86. The summed E-state index contributed by atoms with van der Waals surface area (Å²) < 4.78 is 28.4. The summed E-state index contributed by atoms with van der Waals surface area (Å²) in [5.74, 6) is 0. The molecule has 0 aliphatic carbocycles. The van der Waals surface area contributed by atoms with Crippen LogP contribution in [0.15, 0.2) is 30.3 Å². The van der Waals surface area contributed by atoms with Gasteiger partial charge in [0, 0.05) is 57.4 Å². The van der Waals surface area contributed by atoms with Crippen molar-refractivity contribution in [2.75, 3.05) is 32.7 Å². The Balaban J connectivity index is 1.44. The van der Waals surface area contributed by atoms with Gasteiger partial charge in [-0.25, -0.2) is 13.1 Å². The fraction of sp³-hybridized carbons (Fsp3) is 0.684. The van der Waals surface area contributed by atoms with Crippen LogP contribution in [0.4, 0.5) is 0 Å². The van der Waals surface area contributed by atoms with E-state index in [1.165, 1.54) is 5.56 Å². The largest absolute Gasteiger partial charge is 0.299 e. The molecule has 152 valence electrons. The van der Waals surface area contributed by atoms with Gasteiger partial charge in [-0.3, -0.25) is 20.7 Å². The van der Waals surface area contributed by atoms with E-state index in [0.29, 0.717) is 0 Å². The van der Waals surface area contributed by atoms with E-state index in [-0.39, 0.29) is 18.1 Å². The molecule has 0 radical (unpaired) electrons. The highest BCUT2D eigenvalue weighted by atomic mass is 32.2. The maximum Gasteiger partial charge on any atom is 0.217 e. The second-order valence-corrected chi connectivity index (χ2v) is 9.83. The molecular weight excluding hydrogens is 362 g/mol. The van der Waals surface area contributed by atoms with Gasteiger partial charge in [0.05, 0.1) is 0 Å². The second kappa shape index (κ2) is 8.98. The summed E-state index contributed by atoms with van der Waals surface area (Å²) in [6.07, 6.45) is 0. The third kappa shape index (κ3) is 5.49. The molecule has 3 atom stereocenters. The summed E-state index contributed by atoms with van der Waals surface area (Å²) in [4.78, 5) is 4.81. The molecule has 0 spiro atoms. The molecule has 2 unspecified atom stereocenters. The van der Waals surface area contributed by atoms with Crippen molar-refractivity contribution in [1.29, 1.82) is 0 Å². The standard InChI is InChI=1S/C19H33N5O2S/c1-15(22-27(25,26)19-16(2)20-21-17(19)3)13-23-9-11-24(12-10-23)14-18-7-5-4-6-8-18/h4-8,15-17,19-22H,9-14H2,1-3H3/t15-,16?,17?,19?/m0/s1. The first kappa shape index (κ1) is 20.7. The van der Waals surface area contributed by atoms with Crippen molar-refractivity contribution >= 4 is 10.0 Å². The molecule has 1 aromatic rings. The van der Waals surface area contributed by atoms with Crippen LogP contribution in [0.2, 0.25) is 0 Å². The van der Waals surface area contributed by atoms with Gasteiger partial charge in [-0.2, -0.15) is 0 Å². The van der Waals surface area contributed by atoms with Gasteiger partial charge < -0.3 is 0 Å². The van der Waals surface area contributed by atoms with E-state index < -0.39 is 15.3 Å². The second-order valence-electron chi connectivity index (χ2n) is 7.96. The lowest BCUT2D eigenvalue weighted by Gasteiger charge is -2.36. The number of piperazine rings is 1. The molecule has 3 rings (SSSR count). The first-order valence-corrected chi connectivity index (χ1v) is 11.4. The van der Waals surface area contributed by atoms with E-state index in [1.54, 1.807) is 0 Å². The van der Waals surface area contributed by atoms with Crippen molar-refractivity contribution in [3.63, 3.8) is 0 Å². The molecule has 0 amide bonds. The van der Waals surface area contributed by atoms with Crippen molar-refractivity contribution in [3.8, 4) is 0 Å². The Kier molecular flexibility index (Phi) is 6.88. The molecule has 7 nitrogen and oxygen atoms in total. The quantitative estimate of drug-likeness (QED) is 0.619. The van der Waals surface area contributed by atoms with Crippen molar-refractivity contribution in [2.45, 2.75) is 50.7 Å². The van der Waals surface area contributed by atoms with Gasteiger partial charge >= 0.3 is 0 Å². The van der Waals surface area contributed by atoms with Gasteiger partial charge in [0.1, 0.15) is 5.25 Å². The molecule has 0 aromatic heterocycles. The normalized spacial score (nSPS) is 29.1. The predicted molar refractivity (Wildman–Crippen MR) is 109 cm³/mol. The van der Waals surface area contributed by atoms with Crippen LogP contribution >= 0.6 is 0 Å². The lowest BCUT2D eigenvalue weighted by Crippen LogP contribution is -2.53. The molecule has 2 fully saturated rings. The van der Waals surface area contributed by atoms with Crippen molar-refractivity contribution in [3.05, 3.63) is 35.9 Å². The monoisotopic (exact) mass is 395 g/mol. The topological polar surface area (TPSA) is 76.7 Å². The highest BCUT2D eigenvalue weighted by Gasteiger charge is 2.40. The van der Waals surface area contributed by atoms with Crippen LogP contribution in [0.1, 0.15) is 26.3 Å². The predicted octanol–water partition coefficient (Wildman–Crippen LogP) is 0.366. The van der Waals surface area contributed by atoms with Crippen LogP contribution in [0, 0.1) is 0 Å². The first-order chi connectivity index (χ1) is 12.8. The maximum absolute atomic E-state index is 12.7. The summed E-state index contributed by atoms with van der Waals surface area (Å²) in [5.41, 5.74) is 7.38. The zero-order valence-corrected chi connectivity index (χ0v) is 17.4. The van der Waals surface area contributed by atoms with Gasteiger partial charge in [0.2, 0.25) is 10.0 Å². The van der Waals surface area contributed by atoms with Crippen molar-refractivity contribution in [2.24, 2.45) is 0 Å². The Hall–Kier alpha value is -1.03. The van der Waals surface area contributed by atoms with Gasteiger partial charge in [0.25, 0.3) is 0 Å². The van der Waals surface area contributed by atoms with Crippen LogP contribution in [-0.2, 0) is 16.6 Å². The number of rotatable bonds is 7. The number of hydrogen-bond donors (Lipinski definition) is 3. The van der Waals surface area contributed by atoms with Crippen LogP contribution in [0.25, 0.3) is 0 Å². The molecule has 27 heavy (non-hydrogen) atoms. The molecule has 2 heterocycles. The third-order valence-electron chi connectivity index (χ3n) is 5.49. The summed E-state index contributed by atoms with van der Waals surface area (Å²) in [7, 11) is -3.37. The van der Waals surface area contributed by atoms with Gasteiger partial charge in [-0.1, -0.05) is 30.3 Å². The lowest BCUT2D eigenvalue weighted by molar-refractivity contribution is 0.122. The summed E-state index contributed by atoms with van der Waals surface area (Å²) >= 11 is 0. The van der Waals surface area contributed by atoms with E-state index in [2.05, 4.69) is 49.6 Å². The number of hydrogen-bond acceptors (Lipinski definition) is 6. The van der Waals surface area contributed by atoms with Crippen LogP contribution in [-0.4, -0.2) is 74.3 Å². The summed E-state index contributed by atoms with van der Waals surface area (Å²) in [6, 6.07) is 10.2. The number of hydrazine groups is 1. The van der Waals surface area contributed by atoms with E-state index in [1.807, 2.05) is 26.8 Å². The maximum atomic E-state index is 12.7. The number of nitrogens with zero attached hydrogens (tertiary/aromatic N) is 2. The minimum absolute atomic E-state index is 0.101. The molecule has 1 aromatic carbocycles. The molecule has 2 saturated heterocycles. The Morgan fingerprint density at radius 1 is 1.04 bits per heavy atom. The smallest absolute Gasteiger partial charge is 0.217 e. The fourth-order valence-corrected chi connectivity index (χ4v) is 6.16. The lowest BCUT2D eigenvalue weighted by atomic mass is 10.2.